The summed E-state index contributed by atoms with van der Waals surface area (Å²) >= 11 is 0. The first-order chi connectivity index (χ1) is 18.1. The molecular formula is C25H22F4N4O5. The van der Waals surface area contributed by atoms with E-state index < -0.39 is 53.1 Å². The smallest absolute Gasteiger partial charge is 0.387 e. The highest BCUT2D eigenvalue weighted by molar-refractivity contribution is 6.04. The molecule has 0 spiro atoms. The van der Waals surface area contributed by atoms with Crippen LogP contribution in [0.5, 0.6) is 11.5 Å². The van der Waals surface area contributed by atoms with E-state index in [4.69, 9.17) is 4.74 Å². The van der Waals surface area contributed by atoms with Gasteiger partial charge in [-0.1, -0.05) is 0 Å². The quantitative estimate of drug-likeness (QED) is 0.446. The van der Waals surface area contributed by atoms with Crippen LogP contribution in [-0.4, -0.2) is 47.7 Å². The molecule has 9 nitrogen and oxygen atoms in total. The van der Waals surface area contributed by atoms with Crippen LogP contribution in [-0.2, 0) is 11.3 Å². The molecule has 3 aromatic rings. The number of ether oxygens (including phenoxy) is 2. The first-order valence-electron chi connectivity index (χ1n) is 11.4. The summed E-state index contributed by atoms with van der Waals surface area (Å²) in [5.74, 6) is -5.14. The number of carbonyl (C=O) groups is 2. The Hall–Kier alpha value is -4.42. The summed E-state index contributed by atoms with van der Waals surface area (Å²) in [5, 5.41) is 2.47. The maximum absolute atomic E-state index is 15.1. The van der Waals surface area contributed by atoms with Gasteiger partial charge in [0.1, 0.15) is 34.9 Å². The van der Waals surface area contributed by atoms with Gasteiger partial charge in [0.05, 0.1) is 19.6 Å². The van der Waals surface area contributed by atoms with Crippen LogP contribution in [0.25, 0.3) is 0 Å². The summed E-state index contributed by atoms with van der Waals surface area (Å²) in [4.78, 5) is 44.3. The number of benzene rings is 2. The van der Waals surface area contributed by atoms with E-state index in [-0.39, 0.29) is 35.8 Å². The van der Waals surface area contributed by atoms with E-state index in [2.05, 4.69) is 15.0 Å². The number of nitrogens with one attached hydrogen (secondary N) is 1. The molecule has 2 heterocycles. The van der Waals surface area contributed by atoms with Gasteiger partial charge in [-0.15, -0.1) is 0 Å². The van der Waals surface area contributed by atoms with E-state index in [9.17, 15) is 23.2 Å². The Balaban J connectivity index is 1.72. The molecule has 0 bridgehead atoms. The molecule has 0 unspecified atom stereocenters. The number of aromatic nitrogens is 2. The van der Waals surface area contributed by atoms with Crippen molar-refractivity contribution in [2.45, 2.75) is 32.0 Å². The van der Waals surface area contributed by atoms with Gasteiger partial charge in [0, 0.05) is 42.3 Å². The molecule has 1 N–H and O–H groups in total. The summed E-state index contributed by atoms with van der Waals surface area (Å²) in [6.45, 7) is -1.44. The molecule has 4 rings (SSSR count). The third-order valence-electron chi connectivity index (χ3n) is 6.12. The molecule has 0 aliphatic carbocycles. The van der Waals surface area contributed by atoms with Crippen LogP contribution in [0.1, 0.15) is 28.8 Å². The Morgan fingerprint density at radius 1 is 1.13 bits per heavy atom. The highest BCUT2D eigenvalue weighted by Crippen LogP contribution is 2.35. The molecule has 13 heteroatoms. The lowest BCUT2D eigenvalue weighted by atomic mass is 9.92. The highest BCUT2D eigenvalue weighted by Gasteiger charge is 2.46. The third kappa shape index (κ3) is 5.17. The number of methoxy groups -OCH3 is 1. The fourth-order valence-electron chi connectivity index (χ4n) is 4.26. The minimum absolute atomic E-state index is 0.0259. The molecule has 1 fully saturated rings. The highest BCUT2D eigenvalue weighted by atomic mass is 19.3. The Labute approximate surface area is 213 Å². The van der Waals surface area contributed by atoms with E-state index in [1.807, 2.05) is 0 Å². The van der Waals surface area contributed by atoms with Crippen molar-refractivity contribution < 1.29 is 36.6 Å². The summed E-state index contributed by atoms with van der Waals surface area (Å²) in [6.07, 6.45) is 2.45. The molecule has 2 amide bonds. The second-order valence-electron chi connectivity index (χ2n) is 8.28. The molecular weight excluding hydrogens is 512 g/mol. The molecule has 200 valence electrons. The van der Waals surface area contributed by atoms with Gasteiger partial charge >= 0.3 is 6.61 Å². The van der Waals surface area contributed by atoms with Crippen LogP contribution < -0.4 is 25.2 Å². The number of anilines is 1. The lowest BCUT2D eigenvalue weighted by molar-refractivity contribution is -0.118. The first-order valence-corrected chi connectivity index (χ1v) is 11.4. The van der Waals surface area contributed by atoms with Gasteiger partial charge in [-0.2, -0.15) is 8.78 Å². The predicted octanol–water partition coefficient (Wildman–Crippen LogP) is 3.08. The van der Waals surface area contributed by atoms with E-state index in [1.54, 1.807) is 6.92 Å². The maximum Gasteiger partial charge on any atom is 0.387 e. The molecule has 1 saturated heterocycles. The first kappa shape index (κ1) is 26.6. The Kier molecular flexibility index (Phi) is 7.65. The molecule has 2 atom stereocenters. The number of hydrogen-bond donors (Lipinski definition) is 1. The van der Waals surface area contributed by atoms with Gasteiger partial charge in [0.25, 0.3) is 11.5 Å². The summed E-state index contributed by atoms with van der Waals surface area (Å²) < 4.78 is 65.4. The summed E-state index contributed by atoms with van der Waals surface area (Å²) in [6, 6.07) is 5.05. The van der Waals surface area contributed by atoms with Gasteiger partial charge in [0.2, 0.25) is 5.91 Å². The van der Waals surface area contributed by atoms with Crippen LogP contribution in [0.4, 0.5) is 23.2 Å². The number of alkyl halides is 2. The standard InChI is InChI=1S/C25H22F4N4O5/c1-3-32-12-30-10-19(23(32)35)33-11-16(20-17(26)8-15(37-2)9-18(20)27)21(24(33)36)31-22(34)13-4-6-14(7-5-13)38-25(28)29/h4-10,12,16,21,25H,3,11H2,1-2H3,(H,31,34)/t16-,21-/m0/s1. The fraction of sp³-hybridized carbons (Fsp3) is 0.280. The lowest BCUT2D eigenvalue weighted by Gasteiger charge is -2.20. The predicted molar refractivity (Wildman–Crippen MR) is 127 cm³/mol. The van der Waals surface area contributed by atoms with Crippen LogP contribution >= 0.6 is 0 Å². The minimum atomic E-state index is -3.06. The number of halogens is 4. The van der Waals surface area contributed by atoms with Gasteiger partial charge in [0.15, 0.2) is 0 Å². The van der Waals surface area contributed by atoms with Crippen molar-refractivity contribution in [1.82, 2.24) is 14.9 Å². The normalized spacial score (nSPS) is 17.1. The van der Waals surface area contributed by atoms with E-state index in [0.29, 0.717) is 0 Å². The van der Waals surface area contributed by atoms with Gasteiger partial charge < -0.3 is 19.7 Å². The Morgan fingerprint density at radius 2 is 1.79 bits per heavy atom. The van der Waals surface area contributed by atoms with Crippen molar-refractivity contribution in [2.24, 2.45) is 0 Å². The third-order valence-corrected chi connectivity index (χ3v) is 6.12. The maximum atomic E-state index is 15.1. The van der Waals surface area contributed by atoms with E-state index >= 15 is 8.78 Å². The van der Waals surface area contributed by atoms with Crippen molar-refractivity contribution in [3.63, 3.8) is 0 Å². The number of rotatable bonds is 8. The number of nitrogens with zero attached hydrogens (tertiary/aromatic N) is 3. The van der Waals surface area contributed by atoms with Gasteiger partial charge in [-0.05, 0) is 31.2 Å². The average molecular weight is 534 g/mol. The zero-order valence-corrected chi connectivity index (χ0v) is 20.2. The Morgan fingerprint density at radius 3 is 2.37 bits per heavy atom. The van der Waals surface area contributed by atoms with Crippen LogP contribution in [0.3, 0.4) is 0 Å². The molecule has 0 radical (unpaired) electrons. The largest absolute Gasteiger partial charge is 0.497 e. The Bertz CT molecular complexity index is 1390. The molecule has 0 saturated carbocycles. The number of hydrogen-bond acceptors (Lipinski definition) is 6. The second-order valence-corrected chi connectivity index (χ2v) is 8.28. The zero-order valence-electron chi connectivity index (χ0n) is 20.2. The minimum Gasteiger partial charge on any atom is -0.497 e. The van der Waals surface area contributed by atoms with Crippen LogP contribution in [0.15, 0.2) is 53.7 Å². The molecule has 1 aliphatic heterocycles. The van der Waals surface area contributed by atoms with Crippen molar-refractivity contribution in [2.75, 3.05) is 18.6 Å². The van der Waals surface area contributed by atoms with Crippen molar-refractivity contribution in [1.29, 1.82) is 0 Å². The van der Waals surface area contributed by atoms with Crippen molar-refractivity contribution in [3.05, 3.63) is 82.0 Å². The van der Waals surface area contributed by atoms with Crippen molar-refractivity contribution in [3.8, 4) is 11.5 Å². The molecule has 1 aromatic heterocycles. The summed E-state index contributed by atoms with van der Waals surface area (Å²) in [7, 11) is 1.23. The summed E-state index contributed by atoms with van der Waals surface area (Å²) in [5.41, 5.74) is -1.18. The van der Waals surface area contributed by atoms with Crippen LogP contribution in [0.2, 0.25) is 0 Å². The lowest BCUT2D eigenvalue weighted by Crippen LogP contribution is -2.44. The fourth-order valence-corrected chi connectivity index (χ4v) is 4.26. The van der Waals surface area contributed by atoms with Gasteiger partial charge in [-0.25, -0.2) is 13.8 Å². The second kappa shape index (κ2) is 10.9. The van der Waals surface area contributed by atoms with Gasteiger partial charge in [-0.3, -0.25) is 19.0 Å². The average Bonchev–Trinajstić information content (AvgIpc) is 3.18. The topological polar surface area (TPSA) is 103 Å². The number of carbonyl (C=O) groups excluding carboxylic acids is 2. The number of aryl methyl sites for hydroxylation is 1. The van der Waals surface area contributed by atoms with E-state index in [0.717, 1.165) is 35.4 Å². The monoisotopic (exact) mass is 534 g/mol. The SMILES string of the molecule is CCn1cncc(N2C[C@@H](c3c(F)cc(OC)cc3F)[C@H](NC(=O)c3ccc(OC(F)F)cc3)C2=O)c1=O. The molecule has 2 aromatic carbocycles. The number of amides is 2. The van der Waals surface area contributed by atoms with Crippen LogP contribution in [0, 0.1) is 11.6 Å². The van der Waals surface area contributed by atoms with Crippen molar-refractivity contribution >= 4 is 17.5 Å². The molecule has 1 aliphatic rings. The molecule has 38 heavy (non-hydrogen) atoms. The van der Waals surface area contributed by atoms with E-state index in [1.165, 1.54) is 30.1 Å². The zero-order chi connectivity index (χ0) is 27.6.